The van der Waals surface area contributed by atoms with E-state index in [1.165, 1.54) is 24.0 Å². The number of halogens is 1. The molecular weight excluding hydrogens is 572 g/mol. The van der Waals surface area contributed by atoms with Crippen LogP contribution in [0.1, 0.15) is 22.0 Å². The molecule has 0 spiro atoms. The monoisotopic (exact) mass is 595 g/mol. The van der Waals surface area contributed by atoms with Gasteiger partial charge in [-0.15, -0.1) is 0 Å². The fraction of sp³-hybridized carbons (Fsp3) is 0.294. The van der Waals surface area contributed by atoms with Crippen LogP contribution in [0, 0.1) is 13.8 Å². The highest BCUT2D eigenvalue weighted by molar-refractivity contribution is 7.60. The van der Waals surface area contributed by atoms with Gasteiger partial charge in [0, 0.05) is 19.5 Å². The van der Waals surface area contributed by atoms with Gasteiger partial charge in [-0.2, -0.15) is 8.88 Å². The van der Waals surface area contributed by atoms with Crippen LogP contribution in [0.3, 0.4) is 0 Å². The van der Waals surface area contributed by atoms with E-state index in [0.717, 1.165) is 16.1 Å². The minimum atomic E-state index is -5.12. The van der Waals surface area contributed by atoms with E-state index in [4.69, 9.17) is 21.3 Å². The number of nitrogens with zero attached hydrogens (tertiary/aromatic N) is 6. The molecule has 0 aliphatic carbocycles. The maximum atomic E-state index is 11.4. The molecule has 0 radical (unpaired) electrons. The molecule has 0 fully saturated rings. The molecule has 4 aromatic heterocycles. The second-order valence-electron chi connectivity index (χ2n) is 7.17. The van der Waals surface area contributed by atoms with Crippen molar-refractivity contribution in [3.8, 4) is 0 Å². The normalized spacial score (nSPS) is 12.9. The van der Waals surface area contributed by atoms with E-state index in [2.05, 4.69) is 38.7 Å². The molecule has 0 saturated heterocycles. The largest absolute Gasteiger partial charge is 1.00 e. The molecule has 0 aliphatic heterocycles. The van der Waals surface area contributed by atoms with Crippen LogP contribution in [0.15, 0.2) is 24.4 Å². The first-order valence-electron chi connectivity index (χ1n) is 10.0. The summed E-state index contributed by atoms with van der Waals surface area (Å²) >= 11 is 1.40. The summed E-state index contributed by atoms with van der Waals surface area (Å²) < 4.78 is 32.2. The van der Waals surface area contributed by atoms with Gasteiger partial charge in [0.15, 0.2) is 23.7 Å². The number of H-pyrrole nitrogens is 1. The lowest BCUT2D eigenvalue weighted by Gasteiger charge is -2.11. The molecule has 16 nitrogen and oxygen atoms in total. The van der Waals surface area contributed by atoms with Crippen molar-refractivity contribution < 1.29 is 49.6 Å². The Morgan fingerprint density at radius 2 is 1.84 bits per heavy atom. The molecule has 4 rings (SSSR count). The highest BCUT2D eigenvalue weighted by Crippen LogP contribution is 2.57. The summed E-state index contributed by atoms with van der Waals surface area (Å²) in [7, 11) is -9.94. The fourth-order valence-corrected chi connectivity index (χ4v) is 5.42. The molecule has 8 N–H and O–H groups in total. The summed E-state index contributed by atoms with van der Waals surface area (Å²) in [5.74, 6) is 1.42. The third-order valence-corrected chi connectivity index (χ3v) is 7.89. The quantitative estimate of drug-likeness (QED) is 0.0932. The average molecular weight is 596 g/mol. The van der Waals surface area contributed by atoms with Gasteiger partial charge in [0.25, 0.3) is 0 Å². The van der Waals surface area contributed by atoms with E-state index in [1.54, 1.807) is 13.1 Å². The third kappa shape index (κ3) is 9.03. The lowest BCUT2D eigenvalue weighted by atomic mass is 10.2. The number of fused-ring (bicyclic) bond motifs is 1. The van der Waals surface area contributed by atoms with Crippen LogP contribution >= 0.6 is 27.0 Å². The van der Waals surface area contributed by atoms with Crippen molar-refractivity contribution in [3.63, 3.8) is 0 Å². The Kier molecular flexibility index (Phi) is 10.6. The van der Waals surface area contributed by atoms with Crippen molar-refractivity contribution >= 4 is 49.8 Å². The summed E-state index contributed by atoms with van der Waals surface area (Å²) in [5, 5.41) is 0. The van der Waals surface area contributed by atoms with Gasteiger partial charge in [-0.3, -0.25) is 4.52 Å². The number of nitrogens with two attached hydrogens (primary N) is 2. The number of aromatic amines is 1. The number of aryl methyl sites for hydroxylation is 1. The maximum absolute atomic E-state index is 11.4. The summed E-state index contributed by atoms with van der Waals surface area (Å²) in [4.78, 5) is 49.8. The summed E-state index contributed by atoms with van der Waals surface area (Å²) in [5.41, 5.74) is 16.2. The number of nitrogens with one attached hydrogen (secondary N) is 1. The zero-order valence-electron chi connectivity index (χ0n) is 19.4. The molecule has 0 saturated carbocycles. The van der Waals surface area contributed by atoms with Gasteiger partial charge in [-0.1, -0.05) is 11.3 Å². The standard InChI is InChI=1S/C12H18N4O7P2S.C5H5N5.ClH/c1-8-11(3-4-22-25(20,21)23-24(17,18)19)26-7-16(8)6-10-5-14-9(2)15-12(10)13;6-4-3-5(9-1-7-3)10-2-8-4;/h5,7H,3-4,6H2,1-2H3,(H4-,13,14,15,17,18,19,20,21);1-2H,(H3,6,7,8,9,10);1H. The van der Waals surface area contributed by atoms with Gasteiger partial charge in [0.05, 0.1) is 23.4 Å². The first-order chi connectivity index (χ1) is 16.8. The summed E-state index contributed by atoms with van der Waals surface area (Å²) in [6.45, 7) is 3.83. The second kappa shape index (κ2) is 12.8. The zero-order chi connectivity index (χ0) is 26.5. The lowest BCUT2D eigenvalue weighted by Crippen LogP contribution is -3.00. The Morgan fingerprint density at radius 1 is 1.11 bits per heavy atom. The Bertz CT molecular complexity index is 1450. The number of phosphoric ester groups is 1. The molecule has 1 atom stereocenters. The molecule has 0 amide bonds. The van der Waals surface area contributed by atoms with Crippen molar-refractivity contribution in [1.82, 2.24) is 29.9 Å². The van der Waals surface area contributed by atoms with Crippen LogP contribution in [0.2, 0.25) is 0 Å². The minimum Gasteiger partial charge on any atom is -1.00 e. The topological polar surface area (TPSA) is 249 Å². The average Bonchev–Trinajstić information content (AvgIpc) is 3.37. The molecule has 4 aromatic rings. The third-order valence-electron chi connectivity index (χ3n) is 4.56. The Balaban J connectivity index is 0.000000363. The van der Waals surface area contributed by atoms with Crippen molar-refractivity contribution in [2.24, 2.45) is 0 Å². The second-order valence-corrected chi connectivity index (χ2v) is 10.9. The number of hydrogen-bond acceptors (Lipinski definition) is 12. The van der Waals surface area contributed by atoms with Crippen molar-refractivity contribution in [2.45, 2.75) is 26.8 Å². The molecule has 0 aromatic carbocycles. The van der Waals surface area contributed by atoms with E-state index < -0.39 is 15.6 Å². The number of thiazole rings is 1. The van der Waals surface area contributed by atoms with Gasteiger partial charge >= 0.3 is 15.6 Å². The number of rotatable bonds is 8. The molecular formula is C17H24ClN9O7P2S. The van der Waals surface area contributed by atoms with Crippen LogP contribution in [-0.4, -0.2) is 51.2 Å². The smallest absolute Gasteiger partial charge is 0.481 e. The van der Waals surface area contributed by atoms with E-state index >= 15 is 0 Å². The molecule has 0 bridgehead atoms. The van der Waals surface area contributed by atoms with Gasteiger partial charge in [0.1, 0.15) is 23.5 Å². The van der Waals surface area contributed by atoms with Crippen molar-refractivity contribution in [1.29, 1.82) is 0 Å². The molecule has 1 unspecified atom stereocenters. The van der Waals surface area contributed by atoms with Gasteiger partial charge < -0.3 is 43.5 Å². The fourth-order valence-electron chi connectivity index (χ4n) is 2.86. The molecule has 0 aliphatic rings. The zero-order valence-corrected chi connectivity index (χ0v) is 22.8. The Morgan fingerprint density at radius 3 is 2.49 bits per heavy atom. The van der Waals surface area contributed by atoms with Gasteiger partial charge in [-0.05, 0) is 6.92 Å². The highest BCUT2D eigenvalue weighted by atomic mass is 35.5. The van der Waals surface area contributed by atoms with E-state index in [9.17, 15) is 14.0 Å². The van der Waals surface area contributed by atoms with Crippen molar-refractivity contribution in [3.05, 3.63) is 46.3 Å². The SMILES string of the molecule is Cc1ncc(C[n+]2csc(CCOP(=O)(O)OP(=O)(O)O)c2C)c(N)n1.Nc1ncnc2nc[nH]c12.[Cl-]. The first-order valence-corrected chi connectivity index (χ1v) is 13.9. The number of phosphoric acid groups is 2. The van der Waals surface area contributed by atoms with E-state index in [1.807, 2.05) is 17.0 Å². The van der Waals surface area contributed by atoms with Crippen LogP contribution in [-0.2, 0) is 30.9 Å². The predicted octanol–water partition coefficient (Wildman–Crippen LogP) is -2.22. The number of anilines is 2. The number of aromatic nitrogens is 7. The number of imidazole rings is 1. The molecule has 37 heavy (non-hydrogen) atoms. The lowest BCUT2D eigenvalue weighted by molar-refractivity contribution is -0.689. The Hall–Kier alpha value is -2.59. The minimum absolute atomic E-state index is 0. The van der Waals surface area contributed by atoms with Crippen LogP contribution in [0.4, 0.5) is 11.6 Å². The van der Waals surface area contributed by atoms with Crippen LogP contribution in [0.25, 0.3) is 11.2 Å². The van der Waals surface area contributed by atoms with E-state index in [-0.39, 0.29) is 25.4 Å². The highest BCUT2D eigenvalue weighted by Gasteiger charge is 2.32. The van der Waals surface area contributed by atoms with Crippen molar-refractivity contribution in [2.75, 3.05) is 18.1 Å². The molecule has 20 heteroatoms. The Labute approximate surface area is 220 Å². The summed E-state index contributed by atoms with van der Waals surface area (Å²) in [6, 6.07) is 0. The summed E-state index contributed by atoms with van der Waals surface area (Å²) in [6.07, 6.45) is 4.85. The number of nitrogen functional groups attached to an aromatic ring is 2. The maximum Gasteiger partial charge on any atom is 0.481 e. The van der Waals surface area contributed by atoms with E-state index in [0.29, 0.717) is 35.2 Å². The van der Waals surface area contributed by atoms with Crippen LogP contribution in [0.5, 0.6) is 0 Å². The van der Waals surface area contributed by atoms with Crippen LogP contribution < -0.4 is 28.4 Å². The molecule has 202 valence electrons. The first kappa shape index (κ1) is 30.6. The number of hydrogen-bond donors (Lipinski definition) is 6. The van der Waals surface area contributed by atoms with Gasteiger partial charge in [0.2, 0.25) is 5.51 Å². The predicted molar refractivity (Wildman–Crippen MR) is 128 cm³/mol. The molecule has 4 heterocycles. The van der Waals surface area contributed by atoms with Gasteiger partial charge in [-0.25, -0.2) is 34.0 Å².